The maximum Gasteiger partial charge on any atom is 0.337 e. The highest BCUT2D eigenvalue weighted by Crippen LogP contribution is 2.43. The Kier molecular flexibility index (Phi) is 7.80. The van der Waals surface area contributed by atoms with E-state index in [0.29, 0.717) is 24.1 Å². The average molecular weight is 503 g/mol. The van der Waals surface area contributed by atoms with Crippen LogP contribution >= 0.6 is 0 Å². The Morgan fingerprint density at radius 2 is 1.89 bits per heavy atom. The van der Waals surface area contributed by atoms with Crippen molar-refractivity contribution in [2.45, 2.75) is 43.9 Å². The van der Waals surface area contributed by atoms with Gasteiger partial charge in [-0.1, -0.05) is 36.4 Å². The van der Waals surface area contributed by atoms with E-state index in [1.54, 1.807) is 41.7 Å². The number of rotatable bonds is 4. The van der Waals surface area contributed by atoms with Crippen LogP contribution < -0.4 is 4.74 Å². The van der Waals surface area contributed by atoms with Gasteiger partial charge in [0.1, 0.15) is 5.75 Å². The molecule has 2 aromatic carbocycles. The summed E-state index contributed by atoms with van der Waals surface area (Å²) >= 11 is 0. The molecular weight excluding hydrogens is 468 g/mol. The Bertz CT molecular complexity index is 1140. The zero-order valence-corrected chi connectivity index (χ0v) is 21.0. The van der Waals surface area contributed by atoms with Gasteiger partial charge in [-0.2, -0.15) is 4.31 Å². The van der Waals surface area contributed by atoms with Crippen molar-refractivity contribution < 1.29 is 28.2 Å². The van der Waals surface area contributed by atoms with Gasteiger partial charge in [0.15, 0.2) is 6.10 Å². The highest BCUT2D eigenvalue weighted by molar-refractivity contribution is 7.88. The first-order valence-corrected chi connectivity index (χ1v) is 13.9. The number of piperidine rings is 2. The zero-order chi connectivity index (χ0) is 25.2. The number of carbonyl (C=O) groups is 1. The second kappa shape index (κ2) is 10.7. The van der Waals surface area contributed by atoms with Crippen LogP contribution in [0.15, 0.2) is 48.5 Å². The maximum absolute atomic E-state index is 12.2. The molecule has 190 valence electrons. The largest absolute Gasteiger partial charge is 0.497 e. The molecule has 0 spiro atoms. The number of fused-ring (bicyclic) bond motifs is 4. The predicted octanol–water partition coefficient (Wildman–Crippen LogP) is 2.84. The standard InChI is InChI=1S/C18H26N2O3S.C8H8O3/c1-23-15-5-6-16-13(10-15)7-9-19-12-14-4-3-8-20(24(2,21)22)17(14)11-18(16)19;9-7(8(10)11)6-4-2-1-3-5-6/h5-6,10,14,17-18H,3-4,7-9,11-12H2,1-2H3;1-5,7,9H,(H,10,11)/t14-,17+,18+;/m1./s1. The van der Waals surface area contributed by atoms with Crippen LogP contribution in [0.2, 0.25) is 0 Å². The van der Waals surface area contributed by atoms with Crippen molar-refractivity contribution in [2.24, 2.45) is 5.92 Å². The number of methoxy groups -OCH3 is 1. The van der Waals surface area contributed by atoms with Crippen molar-refractivity contribution in [1.82, 2.24) is 9.21 Å². The zero-order valence-electron chi connectivity index (χ0n) is 20.2. The van der Waals surface area contributed by atoms with Gasteiger partial charge in [-0.3, -0.25) is 4.90 Å². The molecule has 2 N–H and O–H groups in total. The first kappa shape index (κ1) is 25.6. The minimum Gasteiger partial charge on any atom is -0.497 e. The van der Waals surface area contributed by atoms with Crippen LogP contribution in [0.25, 0.3) is 0 Å². The van der Waals surface area contributed by atoms with E-state index in [2.05, 4.69) is 17.0 Å². The third-order valence-corrected chi connectivity index (χ3v) is 8.70. The average Bonchev–Trinajstić information content (AvgIpc) is 2.86. The molecule has 9 heteroatoms. The third-order valence-electron chi connectivity index (χ3n) is 7.39. The minimum absolute atomic E-state index is 0.156. The Morgan fingerprint density at radius 1 is 1.14 bits per heavy atom. The summed E-state index contributed by atoms with van der Waals surface area (Å²) in [6.07, 6.45) is 4.06. The van der Waals surface area contributed by atoms with E-state index in [1.165, 1.54) is 17.4 Å². The summed E-state index contributed by atoms with van der Waals surface area (Å²) in [6.45, 7) is 2.77. The number of hydrogen-bond acceptors (Lipinski definition) is 6. The SMILES string of the molecule is COc1ccc2c(c1)CCN1C[C@H]3CCCN(S(C)(=O)=O)[C@H]3C[C@@H]21.O=C(O)C(O)c1ccccc1. The maximum atomic E-state index is 12.2. The molecule has 2 saturated heterocycles. The van der Waals surface area contributed by atoms with Crippen LogP contribution in [0.1, 0.15) is 48.1 Å². The lowest BCUT2D eigenvalue weighted by Gasteiger charge is -2.51. The molecule has 0 radical (unpaired) electrons. The number of carboxylic acids is 1. The molecule has 0 aliphatic carbocycles. The van der Waals surface area contributed by atoms with Gasteiger partial charge in [0.25, 0.3) is 0 Å². The van der Waals surface area contributed by atoms with Crippen LogP contribution in [0.5, 0.6) is 5.75 Å². The summed E-state index contributed by atoms with van der Waals surface area (Å²) in [5, 5.41) is 17.4. The van der Waals surface area contributed by atoms with Crippen LogP contribution in [0.3, 0.4) is 0 Å². The molecule has 5 rings (SSSR count). The molecule has 0 bridgehead atoms. The van der Waals surface area contributed by atoms with Gasteiger partial charge in [-0.15, -0.1) is 0 Å². The molecule has 2 aromatic rings. The van der Waals surface area contributed by atoms with E-state index in [1.807, 2.05) is 6.07 Å². The van der Waals surface area contributed by atoms with Gasteiger partial charge < -0.3 is 14.9 Å². The van der Waals surface area contributed by atoms with Gasteiger partial charge in [-0.05, 0) is 60.4 Å². The van der Waals surface area contributed by atoms with E-state index in [-0.39, 0.29) is 6.04 Å². The van der Waals surface area contributed by atoms with Crippen LogP contribution in [0.4, 0.5) is 0 Å². The predicted molar refractivity (Wildman–Crippen MR) is 133 cm³/mol. The van der Waals surface area contributed by atoms with Crippen molar-refractivity contribution >= 4 is 16.0 Å². The Hall–Kier alpha value is -2.46. The minimum atomic E-state index is -3.13. The Labute approximate surface area is 207 Å². The fourth-order valence-electron chi connectivity index (χ4n) is 5.71. The van der Waals surface area contributed by atoms with Crippen molar-refractivity contribution in [2.75, 3.05) is 33.0 Å². The summed E-state index contributed by atoms with van der Waals surface area (Å²) in [5.74, 6) is 0.159. The lowest BCUT2D eigenvalue weighted by atomic mass is 9.77. The van der Waals surface area contributed by atoms with Gasteiger partial charge in [-0.25, -0.2) is 13.2 Å². The second-order valence-corrected chi connectivity index (χ2v) is 11.5. The number of aliphatic carboxylic acids is 1. The van der Waals surface area contributed by atoms with Crippen molar-refractivity contribution in [3.05, 3.63) is 65.2 Å². The number of aliphatic hydroxyl groups excluding tert-OH is 1. The highest BCUT2D eigenvalue weighted by Gasteiger charge is 2.44. The number of hydrogen-bond donors (Lipinski definition) is 2. The molecule has 4 atom stereocenters. The molecule has 0 saturated carbocycles. The number of carboxylic acid groups (broad SMARTS) is 1. The fraction of sp³-hybridized carbons (Fsp3) is 0.500. The van der Waals surface area contributed by atoms with E-state index in [0.717, 1.165) is 44.5 Å². The van der Waals surface area contributed by atoms with E-state index < -0.39 is 22.1 Å². The normalized spacial score (nSPS) is 25.2. The molecule has 3 heterocycles. The lowest BCUT2D eigenvalue weighted by Crippen LogP contribution is -2.57. The third kappa shape index (κ3) is 5.69. The Morgan fingerprint density at radius 3 is 2.54 bits per heavy atom. The molecular formula is C26H34N2O6S. The van der Waals surface area contributed by atoms with Crippen LogP contribution in [0, 0.1) is 5.92 Å². The molecule has 0 aromatic heterocycles. The van der Waals surface area contributed by atoms with Gasteiger partial charge in [0.05, 0.1) is 13.4 Å². The number of aliphatic hydroxyl groups is 1. The molecule has 2 fully saturated rings. The highest BCUT2D eigenvalue weighted by atomic mass is 32.2. The summed E-state index contributed by atoms with van der Waals surface area (Å²) in [7, 11) is -1.42. The Balaban J connectivity index is 0.000000221. The van der Waals surface area contributed by atoms with Gasteiger partial charge in [0, 0.05) is 31.7 Å². The summed E-state index contributed by atoms with van der Waals surface area (Å²) in [4.78, 5) is 12.8. The number of benzene rings is 2. The van der Waals surface area contributed by atoms with Crippen molar-refractivity contribution in [1.29, 1.82) is 0 Å². The van der Waals surface area contributed by atoms with Crippen molar-refractivity contribution in [3.63, 3.8) is 0 Å². The van der Waals surface area contributed by atoms with E-state index in [9.17, 15) is 13.2 Å². The monoisotopic (exact) mass is 502 g/mol. The molecule has 35 heavy (non-hydrogen) atoms. The quantitative estimate of drug-likeness (QED) is 0.662. The lowest BCUT2D eigenvalue weighted by molar-refractivity contribution is -0.146. The summed E-state index contributed by atoms with van der Waals surface area (Å²) in [5.41, 5.74) is 3.12. The molecule has 8 nitrogen and oxygen atoms in total. The van der Waals surface area contributed by atoms with E-state index in [4.69, 9.17) is 14.9 Å². The summed E-state index contributed by atoms with van der Waals surface area (Å²) < 4.78 is 31.6. The smallest absolute Gasteiger partial charge is 0.337 e. The molecule has 3 aliphatic rings. The molecule has 0 amide bonds. The van der Waals surface area contributed by atoms with Crippen molar-refractivity contribution in [3.8, 4) is 5.75 Å². The second-order valence-electron chi connectivity index (χ2n) is 9.56. The summed E-state index contributed by atoms with van der Waals surface area (Å²) in [6, 6.07) is 15.1. The topological polar surface area (TPSA) is 107 Å². The number of sulfonamides is 1. The van der Waals surface area contributed by atoms with Crippen LogP contribution in [-0.2, 0) is 21.2 Å². The number of nitrogens with zero attached hydrogens (tertiary/aromatic N) is 2. The first-order valence-electron chi connectivity index (χ1n) is 12.0. The van der Waals surface area contributed by atoms with Gasteiger partial charge in [0.2, 0.25) is 10.0 Å². The fourth-order valence-corrected chi connectivity index (χ4v) is 6.92. The van der Waals surface area contributed by atoms with E-state index >= 15 is 0 Å². The van der Waals surface area contributed by atoms with Gasteiger partial charge >= 0.3 is 5.97 Å². The number of ether oxygens (including phenoxy) is 1. The molecule has 3 aliphatic heterocycles. The molecule has 1 unspecified atom stereocenters. The first-order chi connectivity index (χ1) is 16.7. The van der Waals surface area contributed by atoms with Crippen LogP contribution in [-0.4, -0.2) is 72.8 Å².